The lowest BCUT2D eigenvalue weighted by Crippen LogP contribution is -2.00. The van der Waals surface area contributed by atoms with Crippen LogP contribution >= 0.6 is 0 Å². The maximum atomic E-state index is 8.00. The van der Waals surface area contributed by atoms with Gasteiger partial charge in [-0.15, -0.1) is 0 Å². The lowest BCUT2D eigenvalue weighted by molar-refractivity contribution is -0.0979. The molecule has 0 saturated heterocycles. The van der Waals surface area contributed by atoms with Crippen molar-refractivity contribution in [2.24, 2.45) is 5.73 Å². The fraction of sp³-hybridized carbons (Fsp3) is 0.500. The molecule has 0 atom stereocenters. The van der Waals surface area contributed by atoms with E-state index in [0.29, 0.717) is 0 Å². The highest BCUT2D eigenvalue weighted by atomic mass is 16.1. The quantitative estimate of drug-likeness (QED) is 0.595. The number of carbonyl (C=O) groups is 1. The van der Waals surface area contributed by atoms with Gasteiger partial charge in [0.2, 0.25) is 0 Å². The van der Waals surface area contributed by atoms with Crippen LogP contribution in [0, 0.1) is 0 Å². The Labute approximate surface area is 80.7 Å². The highest BCUT2D eigenvalue weighted by Gasteiger charge is 1.97. The zero-order valence-corrected chi connectivity index (χ0v) is 8.76. The molecule has 0 unspecified atom stereocenters. The molecule has 13 heavy (non-hydrogen) atoms. The molecule has 0 fully saturated rings. The number of carbonyl (C=O) groups excluding carboxylic acids is 1. The fourth-order valence-electron chi connectivity index (χ4n) is 0.797. The second kappa shape index (κ2) is 10.9. The summed E-state index contributed by atoms with van der Waals surface area (Å²) < 4.78 is 0. The molecule has 0 radical (unpaired) electrons. The molecule has 0 bridgehead atoms. The standard InChI is InChI=1S/C7H11N.C2H7N.CH2O/c1-6-4-2-3-5-7(6)8;1-3-2;1-2/h3,5H,2,4,8H2,1H3;3H,1-2H3;1H2. The molecule has 3 heteroatoms. The van der Waals surface area contributed by atoms with E-state index in [4.69, 9.17) is 10.5 Å². The number of nitrogens with one attached hydrogen (secondary N) is 1. The zero-order valence-electron chi connectivity index (χ0n) is 8.76. The molecular weight excluding hydrogens is 164 g/mol. The van der Waals surface area contributed by atoms with Crippen molar-refractivity contribution in [1.29, 1.82) is 0 Å². The minimum Gasteiger partial charge on any atom is -0.399 e. The lowest BCUT2D eigenvalue weighted by atomic mass is 10.0. The highest BCUT2D eigenvalue weighted by molar-refractivity contribution is 5.24. The minimum absolute atomic E-state index is 0.955. The molecule has 0 spiro atoms. The molecule has 76 valence electrons. The van der Waals surface area contributed by atoms with Gasteiger partial charge < -0.3 is 15.8 Å². The molecule has 0 aromatic heterocycles. The van der Waals surface area contributed by atoms with E-state index in [0.717, 1.165) is 18.5 Å². The molecule has 1 aliphatic rings. The SMILES string of the molecule is C=O.CC1=C(N)C=CCC1.CNC. The third-order valence-corrected chi connectivity index (χ3v) is 1.48. The van der Waals surface area contributed by atoms with Crippen LogP contribution < -0.4 is 11.1 Å². The summed E-state index contributed by atoms with van der Waals surface area (Å²) in [6.07, 6.45) is 6.40. The summed E-state index contributed by atoms with van der Waals surface area (Å²) in [6.45, 7) is 4.08. The molecule has 0 aliphatic heterocycles. The molecular formula is C10H20N2O. The first-order chi connectivity index (χ1) is 6.22. The van der Waals surface area contributed by atoms with E-state index in [9.17, 15) is 0 Å². The second-order valence-electron chi connectivity index (χ2n) is 2.68. The number of nitrogens with two attached hydrogens (primary N) is 1. The van der Waals surface area contributed by atoms with Crippen molar-refractivity contribution in [2.75, 3.05) is 14.1 Å². The molecule has 3 N–H and O–H groups in total. The van der Waals surface area contributed by atoms with Crippen LogP contribution in [0.4, 0.5) is 0 Å². The minimum atomic E-state index is 0.955. The number of hydrogen-bond donors (Lipinski definition) is 2. The van der Waals surface area contributed by atoms with Gasteiger partial charge in [0.1, 0.15) is 6.79 Å². The van der Waals surface area contributed by atoms with Crippen molar-refractivity contribution in [3.05, 3.63) is 23.4 Å². The third-order valence-electron chi connectivity index (χ3n) is 1.48. The first kappa shape index (κ1) is 14.4. The van der Waals surface area contributed by atoms with Crippen molar-refractivity contribution in [2.45, 2.75) is 19.8 Å². The van der Waals surface area contributed by atoms with Crippen LogP contribution in [-0.4, -0.2) is 20.9 Å². The molecule has 0 saturated carbocycles. The van der Waals surface area contributed by atoms with Crippen LogP contribution in [0.15, 0.2) is 23.4 Å². The van der Waals surface area contributed by atoms with Crippen molar-refractivity contribution in [3.8, 4) is 0 Å². The Hall–Kier alpha value is -1.09. The van der Waals surface area contributed by atoms with E-state index in [-0.39, 0.29) is 0 Å². The van der Waals surface area contributed by atoms with E-state index in [1.54, 1.807) is 0 Å². The second-order valence-corrected chi connectivity index (χ2v) is 2.68. The maximum absolute atomic E-state index is 8.00. The zero-order chi connectivity index (χ0) is 10.7. The van der Waals surface area contributed by atoms with Gasteiger partial charge >= 0.3 is 0 Å². The predicted octanol–water partition coefficient (Wildman–Crippen LogP) is 1.22. The van der Waals surface area contributed by atoms with Crippen molar-refractivity contribution < 1.29 is 4.79 Å². The van der Waals surface area contributed by atoms with Crippen LogP contribution in [0.2, 0.25) is 0 Å². The summed E-state index contributed by atoms with van der Waals surface area (Å²) in [4.78, 5) is 8.00. The first-order valence-corrected chi connectivity index (χ1v) is 4.21. The molecule has 0 aromatic carbocycles. The molecule has 1 aliphatic carbocycles. The van der Waals surface area contributed by atoms with Gasteiger partial charge in [0, 0.05) is 5.70 Å². The van der Waals surface area contributed by atoms with Crippen LogP contribution in [0.5, 0.6) is 0 Å². The van der Waals surface area contributed by atoms with Gasteiger partial charge in [0.05, 0.1) is 0 Å². The Morgan fingerprint density at radius 1 is 1.46 bits per heavy atom. The largest absolute Gasteiger partial charge is 0.399 e. The van der Waals surface area contributed by atoms with Crippen LogP contribution in [0.3, 0.4) is 0 Å². The van der Waals surface area contributed by atoms with Crippen molar-refractivity contribution in [3.63, 3.8) is 0 Å². The average Bonchev–Trinajstić information content (AvgIpc) is 2.15. The van der Waals surface area contributed by atoms with E-state index in [1.807, 2.05) is 27.0 Å². The fourth-order valence-corrected chi connectivity index (χ4v) is 0.797. The van der Waals surface area contributed by atoms with Gasteiger partial charge in [-0.1, -0.05) is 11.6 Å². The molecule has 0 amide bonds. The monoisotopic (exact) mass is 184 g/mol. The van der Waals surface area contributed by atoms with Gasteiger partial charge in [-0.2, -0.15) is 0 Å². The molecule has 3 nitrogen and oxygen atoms in total. The Morgan fingerprint density at radius 2 is 1.92 bits per heavy atom. The van der Waals surface area contributed by atoms with Crippen LogP contribution in [0.25, 0.3) is 0 Å². The first-order valence-electron chi connectivity index (χ1n) is 4.21. The number of rotatable bonds is 0. The van der Waals surface area contributed by atoms with Crippen molar-refractivity contribution >= 4 is 6.79 Å². The molecule has 0 heterocycles. The maximum Gasteiger partial charge on any atom is 0.106 e. The van der Waals surface area contributed by atoms with Crippen LogP contribution in [-0.2, 0) is 4.79 Å². The summed E-state index contributed by atoms with van der Waals surface area (Å²) in [5, 5.41) is 2.75. The lowest BCUT2D eigenvalue weighted by Gasteiger charge is -2.05. The van der Waals surface area contributed by atoms with Crippen molar-refractivity contribution in [1.82, 2.24) is 5.32 Å². The Morgan fingerprint density at radius 3 is 2.15 bits per heavy atom. The van der Waals surface area contributed by atoms with E-state index in [1.165, 1.54) is 5.57 Å². The normalized spacial score (nSPS) is 13.8. The Bertz CT molecular complexity index is 174. The van der Waals surface area contributed by atoms with Gasteiger partial charge in [0.25, 0.3) is 0 Å². The van der Waals surface area contributed by atoms with Gasteiger partial charge in [-0.3, -0.25) is 0 Å². The summed E-state index contributed by atoms with van der Waals surface area (Å²) in [5.74, 6) is 0. The van der Waals surface area contributed by atoms with E-state index in [2.05, 4.69) is 18.3 Å². The summed E-state index contributed by atoms with van der Waals surface area (Å²) in [5.41, 5.74) is 7.85. The Kier molecular flexibility index (Phi) is 12.1. The molecule has 1 rings (SSSR count). The topological polar surface area (TPSA) is 55.1 Å². The third kappa shape index (κ3) is 8.82. The number of allylic oxidation sites excluding steroid dienone is 3. The summed E-state index contributed by atoms with van der Waals surface area (Å²) >= 11 is 0. The van der Waals surface area contributed by atoms with Gasteiger partial charge in [0.15, 0.2) is 0 Å². The smallest absolute Gasteiger partial charge is 0.106 e. The van der Waals surface area contributed by atoms with Crippen LogP contribution in [0.1, 0.15) is 19.8 Å². The van der Waals surface area contributed by atoms with E-state index >= 15 is 0 Å². The van der Waals surface area contributed by atoms with Gasteiger partial charge in [-0.25, -0.2) is 0 Å². The average molecular weight is 184 g/mol. The summed E-state index contributed by atoms with van der Waals surface area (Å²) in [7, 11) is 3.75. The van der Waals surface area contributed by atoms with E-state index < -0.39 is 0 Å². The number of hydrogen-bond acceptors (Lipinski definition) is 3. The Balaban J connectivity index is 0. The predicted molar refractivity (Wildman–Crippen MR) is 57.4 cm³/mol. The van der Waals surface area contributed by atoms with Gasteiger partial charge in [-0.05, 0) is 39.9 Å². The summed E-state index contributed by atoms with van der Waals surface area (Å²) in [6, 6.07) is 0. The molecule has 0 aromatic rings. The highest BCUT2D eigenvalue weighted by Crippen LogP contribution is 2.13.